The van der Waals surface area contributed by atoms with E-state index >= 15 is 0 Å². The molecule has 0 saturated carbocycles. The van der Waals surface area contributed by atoms with Crippen LogP contribution in [0.1, 0.15) is 24.8 Å². The minimum Gasteiger partial charge on any atom is -0.454 e. The van der Waals surface area contributed by atoms with Crippen LogP contribution in [0.15, 0.2) is 18.2 Å². The molecule has 7 heteroatoms. The highest BCUT2D eigenvalue weighted by Gasteiger charge is 2.16. The predicted molar refractivity (Wildman–Crippen MR) is 89.1 cm³/mol. The topological polar surface area (TPSA) is 83.1 Å². The molecule has 2 heterocycles. The van der Waals surface area contributed by atoms with Crippen molar-refractivity contribution in [1.29, 1.82) is 0 Å². The van der Waals surface area contributed by atoms with Crippen LogP contribution in [0, 0.1) is 0 Å². The molecule has 1 saturated heterocycles. The van der Waals surface area contributed by atoms with Crippen LogP contribution < -0.4 is 20.1 Å². The zero-order valence-corrected chi connectivity index (χ0v) is 13.8. The number of carbonyl (C=O) groups excluding carboxylic acids is 1. The normalized spacial score (nSPS) is 18.2. The van der Waals surface area contributed by atoms with Crippen molar-refractivity contribution >= 4 is 6.03 Å². The molecule has 0 aliphatic carbocycles. The van der Waals surface area contributed by atoms with Gasteiger partial charge in [0.2, 0.25) is 6.79 Å². The van der Waals surface area contributed by atoms with Gasteiger partial charge in [0.25, 0.3) is 0 Å². The Hall–Kier alpha value is -1.99. The van der Waals surface area contributed by atoms with Gasteiger partial charge in [0.15, 0.2) is 11.5 Å². The summed E-state index contributed by atoms with van der Waals surface area (Å²) in [7, 11) is 0. The first kappa shape index (κ1) is 16.9. The summed E-state index contributed by atoms with van der Waals surface area (Å²) < 4.78 is 10.6. The zero-order valence-electron chi connectivity index (χ0n) is 13.8. The second kappa shape index (κ2) is 8.21. The number of aliphatic hydroxyl groups excluding tert-OH is 1. The number of fused-ring (bicyclic) bond motifs is 1. The Kier molecular flexibility index (Phi) is 5.77. The molecule has 1 unspecified atom stereocenters. The quantitative estimate of drug-likeness (QED) is 0.724. The molecule has 1 fully saturated rings. The minimum absolute atomic E-state index is 0.238. The number of nitrogens with zero attached hydrogens (tertiary/aromatic N) is 1. The third kappa shape index (κ3) is 4.75. The van der Waals surface area contributed by atoms with Crippen LogP contribution in [0.4, 0.5) is 4.79 Å². The van der Waals surface area contributed by atoms with E-state index < -0.39 is 6.10 Å². The molecule has 0 spiro atoms. The molecule has 0 radical (unpaired) electrons. The number of piperidine rings is 1. The number of amides is 2. The van der Waals surface area contributed by atoms with E-state index in [0.29, 0.717) is 18.8 Å². The number of hydrogen-bond donors (Lipinski definition) is 3. The van der Waals surface area contributed by atoms with E-state index in [9.17, 15) is 9.90 Å². The van der Waals surface area contributed by atoms with Crippen molar-refractivity contribution in [2.24, 2.45) is 0 Å². The lowest BCUT2D eigenvalue weighted by molar-refractivity contribution is 0.101. The van der Waals surface area contributed by atoms with Crippen molar-refractivity contribution in [3.63, 3.8) is 0 Å². The van der Waals surface area contributed by atoms with E-state index in [4.69, 9.17) is 9.47 Å². The average Bonchev–Trinajstić information content (AvgIpc) is 3.07. The van der Waals surface area contributed by atoms with Crippen LogP contribution >= 0.6 is 0 Å². The number of hydrogen-bond acceptors (Lipinski definition) is 5. The number of rotatable bonds is 6. The molecule has 0 bridgehead atoms. The number of carbonyl (C=O) groups is 1. The standard InChI is InChI=1S/C17H25N3O4/c21-14(11-20-6-2-1-3-7-20)10-19-17(22)18-9-13-4-5-15-16(8-13)24-12-23-15/h4-5,8,14,21H,1-3,6-7,9-12H2,(H2,18,19,22). The highest BCUT2D eigenvalue weighted by Crippen LogP contribution is 2.32. The Labute approximate surface area is 141 Å². The average molecular weight is 335 g/mol. The molecule has 132 valence electrons. The smallest absolute Gasteiger partial charge is 0.315 e. The van der Waals surface area contributed by atoms with Crippen molar-refractivity contribution in [2.75, 3.05) is 33.0 Å². The second-order valence-corrected chi connectivity index (χ2v) is 6.27. The number of β-amino-alcohol motifs (C(OH)–C–C–N with tert-alkyl or cyclic N) is 1. The van der Waals surface area contributed by atoms with Gasteiger partial charge in [0, 0.05) is 19.6 Å². The molecule has 1 aromatic rings. The molecule has 24 heavy (non-hydrogen) atoms. The highest BCUT2D eigenvalue weighted by molar-refractivity contribution is 5.73. The molecule has 1 aromatic carbocycles. The van der Waals surface area contributed by atoms with Crippen molar-refractivity contribution < 1.29 is 19.4 Å². The fraction of sp³-hybridized carbons (Fsp3) is 0.588. The van der Waals surface area contributed by atoms with Crippen molar-refractivity contribution in [2.45, 2.75) is 31.9 Å². The molecule has 3 N–H and O–H groups in total. The third-order valence-corrected chi connectivity index (χ3v) is 4.31. The van der Waals surface area contributed by atoms with Crippen LogP contribution in [0.3, 0.4) is 0 Å². The lowest BCUT2D eigenvalue weighted by Crippen LogP contribution is -2.44. The summed E-state index contributed by atoms with van der Waals surface area (Å²) in [5.41, 5.74) is 0.934. The maximum absolute atomic E-state index is 11.8. The Morgan fingerprint density at radius 2 is 1.96 bits per heavy atom. The lowest BCUT2D eigenvalue weighted by atomic mass is 10.1. The van der Waals surface area contributed by atoms with Gasteiger partial charge in [-0.05, 0) is 43.6 Å². The fourth-order valence-corrected chi connectivity index (χ4v) is 3.01. The van der Waals surface area contributed by atoms with Crippen LogP contribution in [-0.2, 0) is 6.54 Å². The molecule has 0 aromatic heterocycles. The van der Waals surface area contributed by atoms with E-state index in [-0.39, 0.29) is 19.4 Å². The van der Waals surface area contributed by atoms with Gasteiger partial charge in [-0.25, -0.2) is 4.79 Å². The first-order chi connectivity index (χ1) is 11.7. The first-order valence-corrected chi connectivity index (χ1v) is 8.51. The summed E-state index contributed by atoms with van der Waals surface area (Å²) in [5.74, 6) is 1.43. The van der Waals surface area contributed by atoms with E-state index in [1.807, 2.05) is 18.2 Å². The molecule has 2 aliphatic rings. The molecule has 2 aliphatic heterocycles. The Balaban J connectivity index is 1.35. The molecule has 1 atom stereocenters. The van der Waals surface area contributed by atoms with Gasteiger partial charge < -0.3 is 30.1 Å². The summed E-state index contributed by atoms with van der Waals surface area (Å²) in [5, 5.41) is 15.5. The summed E-state index contributed by atoms with van der Waals surface area (Å²) >= 11 is 0. The zero-order chi connectivity index (χ0) is 16.8. The Morgan fingerprint density at radius 1 is 1.17 bits per heavy atom. The van der Waals surface area contributed by atoms with Gasteiger partial charge in [-0.3, -0.25) is 0 Å². The van der Waals surface area contributed by atoms with Gasteiger partial charge in [0.05, 0.1) is 6.10 Å². The van der Waals surface area contributed by atoms with Gasteiger partial charge >= 0.3 is 6.03 Å². The Bertz CT molecular complexity index is 561. The third-order valence-electron chi connectivity index (χ3n) is 4.31. The largest absolute Gasteiger partial charge is 0.454 e. The molecular weight excluding hydrogens is 310 g/mol. The number of ether oxygens (including phenoxy) is 2. The van der Waals surface area contributed by atoms with E-state index in [0.717, 1.165) is 24.4 Å². The summed E-state index contributed by atoms with van der Waals surface area (Å²) in [6.45, 7) is 3.57. The van der Waals surface area contributed by atoms with Crippen LogP contribution in [0.2, 0.25) is 0 Å². The van der Waals surface area contributed by atoms with Crippen molar-refractivity contribution in [3.8, 4) is 11.5 Å². The molecular formula is C17H25N3O4. The molecule has 3 rings (SSSR count). The monoisotopic (exact) mass is 335 g/mol. The summed E-state index contributed by atoms with van der Waals surface area (Å²) in [6, 6.07) is 5.29. The van der Waals surface area contributed by atoms with E-state index in [1.165, 1.54) is 19.3 Å². The van der Waals surface area contributed by atoms with Crippen LogP contribution in [0.5, 0.6) is 11.5 Å². The van der Waals surface area contributed by atoms with Gasteiger partial charge in [-0.1, -0.05) is 12.5 Å². The summed E-state index contributed by atoms with van der Waals surface area (Å²) in [6.07, 6.45) is 3.11. The van der Waals surface area contributed by atoms with E-state index in [2.05, 4.69) is 15.5 Å². The molecule has 2 amide bonds. The number of nitrogens with one attached hydrogen (secondary N) is 2. The van der Waals surface area contributed by atoms with Crippen molar-refractivity contribution in [1.82, 2.24) is 15.5 Å². The summed E-state index contributed by atoms with van der Waals surface area (Å²) in [4.78, 5) is 14.1. The maximum atomic E-state index is 11.8. The lowest BCUT2D eigenvalue weighted by Gasteiger charge is -2.28. The van der Waals surface area contributed by atoms with Crippen LogP contribution in [-0.4, -0.2) is 55.1 Å². The molecule has 7 nitrogen and oxygen atoms in total. The van der Waals surface area contributed by atoms with E-state index in [1.54, 1.807) is 0 Å². The number of aliphatic hydroxyl groups is 1. The van der Waals surface area contributed by atoms with Crippen LogP contribution in [0.25, 0.3) is 0 Å². The minimum atomic E-state index is -0.542. The SMILES string of the molecule is O=C(NCc1ccc2c(c1)OCO2)NCC(O)CN1CCCCC1. The fourth-order valence-electron chi connectivity index (χ4n) is 3.01. The Morgan fingerprint density at radius 3 is 2.79 bits per heavy atom. The van der Waals surface area contributed by atoms with Gasteiger partial charge in [-0.15, -0.1) is 0 Å². The number of likely N-dealkylation sites (tertiary alicyclic amines) is 1. The number of urea groups is 1. The second-order valence-electron chi connectivity index (χ2n) is 6.27. The predicted octanol–water partition coefficient (Wildman–Crippen LogP) is 1.06. The first-order valence-electron chi connectivity index (χ1n) is 8.51. The van der Waals surface area contributed by atoms with Gasteiger partial charge in [-0.2, -0.15) is 0 Å². The highest BCUT2D eigenvalue weighted by atomic mass is 16.7. The maximum Gasteiger partial charge on any atom is 0.315 e. The van der Waals surface area contributed by atoms with Gasteiger partial charge in [0.1, 0.15) is 0 Å². The number of benzene rings is 1. The van der Waals surface area contributed by atoms with Crippen molar-refractivity contribution in [3.05, 3.63) is 23.8 Å².